The van der Waals surface area contributed by atoms with Crippen LogP contribution >= 0.6 is 15.9 Å². The average molecular weight is 306 g/mol. The van der Waals surface area contributed by atoms with Crippen LogP contribution in [0.3, 0.4) is 0 Å². The molecule has 1 heterocycles. The summed E-state index contributed by atoms with van der Waals surface area (Å²) >= 11 is 3.44. The number of rotatable bonds is 3. The lowest BCUT2D eigenvalue weighted by Crippen LogP contribution is -2.57. The lowest BCUT2D eigenvalue weighted by Gasteiger charge is -2.44. The lowest BCUT2D eigenvalue weighted by atomic mass is 9.87. The molecular weight excluding hydrogens is 282 g/mol. The average Bonchev–Trinajstić information content (AvgIpc) is 2.25. The van der Waals surface area contributed by atoms with Crippen molar-refractivity contribution in [1.82, 2.24) is 4.90 Å². The molecule has 0 aromatic heterocycles. The number of nitrogens with zero attached hydrogens (tertiary/aromatic N) is 1. The molecule has 4 heteroatoms. The Hall–Kier alpha value is -0.0900. The van der Waals surface area contributed by atoms with Crippen LogP contribution in [0.25, 0.3) is 0 Å². The third-order valence-corrected chi connectivity index (χ3v) is 4.13. The van der Waals surface area contributed by atoms with Gasteiger partial charge in [-0.25, -0.2) is 0 Å². The molecule has 1 aliphatic heterocycles. The number of carbonyl (C=O) groups is 1. The molecule has 1 aliphatic rings. The molecule has 1 saturated heterocycles. The van der Waals surface area contributed by atoms with E-state index in [9.17, 15) is 4.79 Å². The van der Waals surface area contributed by atoms with Gasteiger partial charge in [0.15, 0.2) is 0 Å². The molecular formula is C13H24BrNO2. The van der Waals surface area contributed by atoms with Crippen molar-refractivity contribution in [3.63, 3.8) is 0 Å². The van der Waals surface area contributed by atoms with E-state index in [1.807, 2.05) is 32.6 Å². The van der Waals surface area contributed by atoms with Crippen LogP contribution < -0.4 is 0 Å². The predicted octanol–water partition coefficient (Wildman–Crippen LogP) is 2.82. The molecule has 100 valence electrons. The van der Waals surface area contributed by atoms with Crippen molar-refractivity contribution in [2.24, 2.45) is 5.41 Å². The van der Waals surface area contributed by atoms with Crippen LogP contribution in [-0.2, 0) is 9.53 Å². The molecule has 1 fully saturated rings. The van der Waals surface area contributed by atoms with Crippen LogP contribution in [-0.4, -0.2) is 40.9 Å². The number of morpholine rings is 1. The molecule has 1 amide bonds. The topological polar surface area (TPSA) is 29.5 Å². The summed E-state index contributed by atoms with van der Waals surface area (Å²) in [6, 6.07) is 0. The predicted molar refractivity (Wildman–Crippen MR) is 73.4 cm³/mol. The monoisotopic (exact) mass is 305 g/mol. The Morgan fingerprint density at radius 1 is 1.53 bits per heavy atom. The smallest absolute Gasteiger partial charge is 0.228 e. The van der Waals surface area contributed by atoms with Gasteiger partial charge in [-0.15, -0.1) is 0 Å². The van der Waals surface area contributed by atoms with Gasteiger partial charge < -0.3 is 9.64 Å². The number of halogens is 1. The zero-order chi connectivity index (χ0) is 13.3. The van der Waals surface area contributed by atoms with Crippen molar-refractivity contribution >= 4 is 21.8 Å². The first kappa shape index (κ1) is 15.0. The number of hydrogen-bond donors (Lipinski definition) is 0. The summed E-state index contributed by atoms with van der Waals surface area (Å²) in [6.07, 6.45) is 0.957. The van der Waals surface area contributed by atoms with Crippen molar-refractivity contribution in [3.05, 3.63) is 0 Å². The summed E-state index contributed by atoms with van der Waals surface area (Å²) in [5.74, 6) is 0.238. The van der Waals surface area contributed by atoms with E-state index < -0.39 is 0 Å². The van der Waals surface area contributed by atoms with Gasteiger partial charge in [0, 0.05) is 23.8 Å². The Kier molecular flexibility index (Phi) is 4.64. The van der Waals surface area contributed by atoms with Gasteiger partial charge in [-0.1, -0.05) is 36.7 Å². The number of amides is 1. The van der Waals surface area contributed by atoms with Crippen molar-refractivity contribution < 1.29 is 9.53 Å². The number of carbonyl (C=O) groups excluding carboxylic acids is 1. The molecule has 17 heavy (non-hydrogen) atoms. The summed E-state index contributed by atoms with van der Waals surface area (Å²) in [5.41, 5.74) is -0.527. The minimum absolute atomic E-state index is 0.0929. The largest absolute Gasteiger partial charge is 0.368 e. The first-order valence-electron chi connectivity index (χ1n) is 6.25. The molecule has 0 bridgehead atoms. The number of ether oxygens (including phenoxy) is 1. The molecule has 0 aliphatic carbocycles. The molecule has 0 N–H and O–H groups in total. The maximum atomic E-state index is 12.5. The maximum absolute atomic E-state index is 12.5. The van der Waals surface area contributed by atoms with Crippen LogP contribution in [0.5, 0.6) is 0 Å². The van der Waals surface area contributed by atoms with E-state index in [1.165, 1.54) is 0 Å². The van der Waals surface area contributed by atoms with Gasteiger partial charge in [-0.3, -0.25) is 4.79 Å². The highest BCUT2D eigenvalue weighted by molar-refractivity contribution is 9.09. The fourth-order valence-electron chi connectivity index (χ4n) is 2.11. The minimum atomic E-state index is -0.274. The van der Waals surface area contributed by atoms with E-state index in [0.717, 1.165) is 11.8 Å². The fraction of sp³-hybridized carbons (Fsp3) is 0.923. The van der Waals surface area contributed by atoms with Gasteiger partial charge in [-0.05, 0) is 20.3 Å². The zero-order valence-corrected chi connectivity index (χ0v) is 13.1. The molecule has 1 rings (SSSR count). The van der Waals surface area contributed by atoms with E-state index in [0.29, 0.717) is 13.1 Å². The molecule has 1 atom stereocenters. The lowest BCUT2D eigenvalue weighted by molar-refractivity contribution is -0.164. The van der Waals surface area contributed by atoms with Gasteiger partial charge in [0.05, 0.1) is 11.7 Å². The SMILES string of the molecule is CCC(C)(C)C(=O)N1CC(CBr)OC(C)(C)C1. The molecule has 0 spiro atoms. The summed E-state index contributed by atoms with van der Waals surface area (Å²) in [5, 5.41) is 0.771. The standard InChI is InChI=1S/C13H24BrNO2/c1-6-12(2,3)11(16)15-8-10(7-14)17-13(4,5)9-15/h10H,6-9H2,1-5H3. The second-order valence-electron chi connectivity index (χ2n) is 6.08. The van der Waals surface area contributed by atoms with Crippen LogP contribution in [0.4, 0.5) is 0 Å². The Labute approximate surface area is 113 Å². The minimum Gasteiger partial charge on any atom is -0.368 e. The Morgan fingerprint density at radius 3 is 2.59 bits per heavy atom. The summed E-state index contributed by atoms with van der Waals surface area (Å²) in [6.45, 7) is 11.5. The number of hydrogen-bond acceptors (Lipinski definition) is 2. The van der Waals surface area contributed by atoms with Gasteiger partial charge in [0.25, 0.3) is 0 Å². The van der Waals surface area contributed by atoms with Crippen molar-refractivity contribution in [1.29, 1.82) is 0 Å². The van der Waals surface area contributed by atoms with Gasteiger partial charge in [0.1, 0.15) is 0 Å². The highest BCUT2D eigenvalue weighted by atomic mass is 79.9. The molecule has 0 saturated carbocycles. The van der Waals surface area contributed by atoms with Crippen LogP contribution in [0, 0.1) is 5.41 Å². The molecule has 3 nitrogen and oxygen atoms in total. The van der Waals surface area contributed by atoms with Crippen molar-refractivity contribution in [3.8, 4) is 0 Å². The maximum Gasteiger partial charge on any atom is 0.228 e. The van der Waals surface area contributed by atoms with E-state index in [2.05, 4.69) is 22.9 Å². The zero-order valence-electron chi connectivity index (χ0n) is 11.5. The highest BCUT2D eigenvalue weighted by Crippen LogP contribution is 2.28. The van der Waals surface area contributed by atoms with E-state index >= 15 is 0 Å². The van der Waals surface area contributed by atoms with E-state index in [1.54, 1.807) is 0 Å². The molecule has 0 aromatic carbocycles. The second kappa shape index (κ2) is 5.27. The van der Waals surface area contributed by atoms with E-state index in [-0.39, 0.29) is 23.0 Å². The summed E-state index contributed by atoms with van der Waals surface area (Å²) < 4.78 is 5.91. The third kappa shape index (κ3) is 3.68. The van der Waals surface area contributed by atoms with Crippen molar-refractivity contribution in [2.45, 2.75) is 52.7 Å². The Balaban J connectivity index is 2.80. The number of alkyl halides is 1. The summed E-state index contributed by atoms with van der Waals surface area (Å²) in [4.78, 5) is 14.4. The quantitative estimate of drug-likeness (QED) is 0.750. The van der Waals surface area contributed by atoms with Crippen LogP contribution in [0.1, 0.15) is 41.0 Å². The summed E-state index contributed by atoms with van der Waals surface area (Å²) in [7, 11) is 0. The van der Waals surface area contributed by atoms with Gasteiger partial charge in [-0.2, -0.15) is 0 Å². The van der Waals surface area contributed by atoms with Crippen LogP contribution in [0.15, 0.2) is 0 Å². The first-order valence-corrected chi connectivity index (χ1v) is 7.37. The van der Waals surface area contributed by atoms with Gasteiger partial charge >= 0.3 is 0 Å². The second-order valence-corrected chi connectivity index (χ2v) is 6.72. The Morgan fingerprint density at radius 2 is 2.12 bits per heavy atom. The van der Waals surface area contributed by atoms with E-state index in [4.69, 9.17) is 4.74 Å². The third-order valence-electron chi connectivity index (χ3n) is 3.40. The first-order chi connectivity index (χ1) is 7.72. The molecule has 1 unspecified atom stereocenters. The fourth-order valence-corrected chi connectivity index (χ4v) is 2.45. The normalized spacial score (nSPS) is 24.8. The highest BCUT2D eigenvalue weighted by Gasteiger charge is 2.39. The van der Waals surface area contributed by atoms with Crippen molar-refractivity contribution in [2.75, 3.05) is 18.4 Å². The van der Waals surface area contributed by atoms with Crippen LogP contribution in [0.2, 0.25) is 0 Å². The Bertz CT molecular complexity index is 289. The molecule has 0 radical (unpaired) electrons. The van der Waals surface area contributed by atoms with Gasteiger partial charge in [0.2, 0.25) is 5.91 Å². The molecule has 0 aromatic rings.